The fourth-order valence-electron chi connectivity index (χ4n) is 6.06. The van der Waals surface area contributed by atoms with E-state index in [1.807, 2.05) is 19.1 Å². The smallest absolute Gasteiger partial charge is 0.334 e. The minimum atomic E-state index is -2.27. The first kappa shape index (κ1) is 39.7. The molecule has 15 nitrogen and oxygen atoms in total. The van der Waals surface area contributed by atoms with Crippen LogP contribution in [0.4, 0.5) is 26.7 Å². The van der Waals surface area contributed by atoms with Gasteiger partial charge in [0.2, 0.25) is 5.91 Å². The maximum atomic E-state index is 14.5. The average Bonchev–Trinajstić information content (AvgIpc) is 3.25. The van der Waals surface area contributed by atoms with Gasteiger partial charge in [-0.15, -0.1) is 0 Å². The number of hydrogen-bond acceptors (Lipinski definition) is 8. The van der Waals surface area contributed by atoms with Crippen molar-refractivity contribution in [3.63, 3.8) is 0 Å². The monoisotopic (exact) mass is 728 g/mol. The summed E-state index contributed by atoms with van der Waals surface area (Å²) in [6, 6.07) is 14.3. The number of aryl methyl sites for hydroxylation is 1. The summed E-state index contributed by atoms with van der Waals surface area (Å²) in [6.07, 6.45) is -0.977. The number of benzene rings is 3. The van der Waals surface area contributed by atoms with Gasteiger partial charge in [0.15, 0.2) is 11.8 Å². The normalized spacial score (nSPS) is 15.5. The number of nitrogens with zero attached hydrogens (tertiary/aromatic N) is 3. The van der Waals surface area contributed by atoms with E-state index in [0.29, 0.717) is 21.8 Å². The second kappa shape index (κ2) is 16.5. The van der Waals surface area contributed by atoms with Gasteiger partial charge in [0.05, 0.1) is 12.5 Å². The quantitative estimate of drug-likeness (QED) is 0.109. The number of aliphatic carboxylic acids is 2. The molecule has 53 heavy (non-hydrogen) atoms. The number of Topliss-reactive ketones (excluding diaryl/α,β-unsaturated/α-hetero) is 1. The minimum absolute atomic E-state index is 0.0472. The molecule has 0 unspecified atom stereocenters. The highest BCUT2D eigenvalue weighted by molar-refractivity contribution is 6.18. The van der Waals surface area contributed by atoms with Crippen molar-refractivity contribution in [1.29, 1.82) is 0 Å². The number of ketones is 1. The van der Waals surface area contributed by atoms with Gasteiger partial charge in [-0.1, -0.05) is 62.4 Å². The zero-order valence-corrected chi connectivity index (χ0v) is 30.1. The highest BCUT2D eigenvalue weighted by Gasteiger charge is 2.56. The van der Waals surface area contributed by atoms with Crippen LogP contribution in [0.25, 0.3) is 0 Å². The van der Waals surface area contributed by atoms with E-state index in [0.717, 1.165) is 10.5 Å². The number of nitrogens with two attached hydrogens (primary N) is 1. The van der Waals surface area contributed by atoms with E-state index in [4.69, 9.17) is 5.73 Å². The first-order chi connectivity index (χ1) is 24.9. The van der Waals surface area contributed by atoms with Gasteiger partial charge in [-0.2, -0.15) is 0 Å². The molecule has 1 aliphatic heterocycles. The molecule has 3 aromatic rings. The van der Waals surface area contributed by atoms with Gasteiger partial charge in [-0.3, -0.25) is 29.0 Å². The van der Waals surface area contributed by atoms with Crippen LogP contribution in [0, 0.1) is 12.8 Å². The lowest BCUT2D eigenvalue weighted by Crippen LogP contribution is -2.60. The number of rotatable bonds is 15. The predicted molar refractivity (Wildman–Crippen MR) is 196 cm³/mol. The van der Waals surface area contributed by atoms with Crippen LogP contribution in [0.3, 0.4) is 0 Å². The minimum Gasteiger partial charge on any atom is -0.481 e. The van der Waals surface area contributed by atoms with E-state index >= 15 is 0 Å². The van der Waals surface area contributed by atoms with Crippen LogP contribution in [0.5, 0.6) is 0 Å². The van der Waals surface area contributed by atoms with Crippen molar-refractivity contribution in [3.8, 4) is 0 Å². The Bertz CT molecular complexity index is 1880. The summed E-state index contributed by atoms with van der Waals surface area (Å²) < 4.78 is 0. The molecule has 0 aliphatic carbocycles. The third-order valence-corrected chi connectivity index (χ3v) is 8.88. The van der Waals surface area contributed by atoms with E-state index < -0.39 is 71.7 Å². The molecule has 1 fully saturated rings. The van der Waals surface area contributed by atoms with Gasteiger partial charge < -0.3 is 31.5 Å². The Labute approximate surface area is 306 Å². The van der Waals surface area contributed by atoms with Gasteiger partial charge in [-0.05, 0) is 74.6 Å². The Morgan fingerprint density at radius 2 is 1.47 bits per heavy atom. The summed E-state index contributed by atoms with van der Waals surface area (Å²) >= 11 is 0. The standard InChI is InChI=1S/C38H44N6O9/c1-22(2)19-29(32(47)31(34(49)50)43(26-12-7-6-8-13-26)33(48)27(39)20-30(45)46)44-35(51)38(4,5)42(37(44)53)21-24-15-17-25(18-16-24)40-36(52)41-28-14-10-9-11-23(28)3/h6-18,22,27,29,31H,19-21,39H2,1-5H3,(H,45,46)(H,49,50)(H2,40,41,52)/t27-,29-,31-/m0/s1. The zero-order chi connectivity index (χ0) is 39.2. The molecule has 4 rings (SSSR count). The van der Waals surface area contributed by atoms with Crippen molar-refractivity contribution in [3.05, 3.63) is 90.0 Å². The average molecular weight is 729 g/mol. The number of imide groups is 1. The molecule has 3 atom stereocenters. The molecular formula is C38H44N6O9. The number of carbonyl (C=O) groups excluding carboxylic acids is 5. The second-order valence-corrected chi connectivity index (χ2v) is 13.7. The number of nitrogens with one attached hydrogen (secondary N) is 2. The van der Waals surface area contributed by atoms with Crippen LogP contribution in [0.15, 0.2) is 78.9 Å². The Balaban J connectivity index is 1.62. The number of carboxylic acid groups (broad SMARTS) is 2. The van der Waals surface area contributed by atoms with Gasteiger partial charge in [-0.25, -0.2) is 14.4 Å². The van der Waals surface area contributed by atoms with Crippen molar-refractivity contribution < 1.29 is 43.8 Å². The summed E-state index contributed by atoms with van der Waals surface area (Å²) in [5, 5.41) is 25.3. The summed E-state index contributed by atoms with van der Waals surface area (Å²) in [4.78, 5) is 95.8. The summed E-state index contributed by atoms with van der Waals surface area (Å²) in [5.74, 6) is -6.54. The Hall–Kier alpha value is -6.09. The first-order valence-corrected chi connectivity index (χ1v) is 16.9. The molecule has 1 saturated heterocycles. The fraction of sp³-hybridized carbons (Fsp3) is 0.342. The molecule has 0 radical (unpaired) electrons. The molecule has 0 saturated carbocycles. The molecule has 1 aliphatic rings. The van der Waals surface area contributed by atoms with Crippen LogP contribution in [-0.2, 0) is 30.5 Å². The van der Waals surface area contributed by atoms with Crippen molar-refractivity contribution >= 4 is 58.7 Å². The Kier molecular flexibility index (Phi) is 12.4. The van der Waals surface area contributed by atoms with Crippen molar-refractivity contribution in [2.24, 2.45) is 11.7 Å². The van der Waals surface area contributed by atoms with Gasteiger partial charge >= 0.3 is 24.0 Å². The third-order valence-electron chi connectivity index (χ3n) is 8.88. The first-order valence-electron chi connectivity index (χ1n) is 16.9. The van der Waals surface area contributed by atoms with E-state index in [2.05, 4.69) is 10.6 Å². The van der Waals surface area contributed by atoms with Crippen LogP contribution in [0.2, 0.25) is 0 Å². The topological polar surface area (TPSA) is 220 Å². The number of para-hydroxylation sites is 2. The summed E-state index contributed by atoms with van der Waals surface area (Å²) in [5.41, 5.74) is 6.96. The zero-order valence-electron chi connectivity index (χ0n) is 30.1. The molecule has 280 valence electrons. The maximum Gasteiger partial charge on any atom is 0.334 e. The number of hydrogen-bond donors (Lipinski definition) is 5. The number of carbonyl (C=O) groups is 7. The van der Waals surface area contributed by atoms with Gasteiger partial charge in [0.25, 0.3) is 5.91 Å². The van der Waals surface area contributed by atoms with E-state index in [1.165, 1.54) is 43.0 Å². The lowest BCUT2D eigenvalue weighted by molar-refractivity contribution is -0.147. The molecule has 6 N–H and O–H groups in total. The Morgan fingerprint density at radius 3 is 2.04 bits per heavy atom. The van der Waals surface area contributed by atoms with Gasteiger partial charge in [0.1, 0.15) is 11.6 Å². The van der Waals surface area contributed by atoms with Crippen molar-refractivity contribution in [2.75, 3.05) is 15.5 Å². The van der Waals surface area contributed by atoms with Crippen molar-refractivity contribution in [2.45, 2.75) is 77.7 Å². The van der Waals surface area contributed by atoms with Crippen LogP contribution < -0.4 is 21.3 Å². The molecule has 0 aromatic heterocycles. The largest absolute Gasteiger partial charge is 0.481 e. The van der Waals surface area contributed by atoms with Crippen LogP contribution in [-0.4, -0.2) is 85.3 Å². The second-order valence-electron chi connectivity index (χ2n) is 13.7. The lowest BCUT2D eigenvalue weighted by atomic mass is 9.92. The highest BCUT2D eigenvalue weighted by Crippen LogP contribution is 2.34. The molecule has 0 bridgehead atoms. The highest BCUT2D eigenvalue weighted by atomic mass is 16.4. The van der Waals surface area contributed by atoms with E-state index in [9.17, 15) is 43.8 Å². The molecule has 6 amide bonds. The molecule has 0 spiro atoms. The maximum absolute atomic E-state index is 14.5. The van der Waals surface area contributed by atoms with Gasteiger partial charge in [0, 0.05) is 23.6 Å². The Morgan fingerprint density at radius 1 is 0.868 bits per heavy atom. The van der Waals surface area contributed by atoms with E-state index in [-0.39, 0.29) is 24.6 Å². The molecular weight excluding hydrogens is 684 g/mol. The van der Waals surface area contributed by atoms with Crippen LogP contribution in [0.1, 0.15) is 51.7 Å². The van der Waals surface area contributed by atoms with Crippen LogP contribution >= 0.6 is 0 Å². The van der Waals surface area contributed by atoms with E-state index in [1.54, 1.807) is 56.3 Å². The van der Waals surface area contributed by atoms with Crippen molar-refractivity contribution in [1.82, 2.24) is 9.80 Å². The fourth-order valence-corrected chi connectivity index (χ4v) is 6.06. The number of amides is 6. The predicted octanol–water partition coefficient (Wildman–Crippen LogP) is 4.45. The SMILES string of the molecule is Cc1ccccc1NC(=O)Nc1ccc(CN2C(=O)N([C@@H](CC(C)C)C(=O)[C@@H](C(=O)O)N(C(=O)[C@@H](N)CC(=O)O)c3ccccc3)C(=O)C2(C)C)cc1. The third kappa shape index (κ3) is 9.05. The molecule has 1 heterocycles. The molecule has 3 aromatic carbocycles. The summed E-state index contributed by atoms with van der Waals surface area (Å²) in [6.45, 7) is 8.26. The summed E-state index contributed by atoms with van der Waals surface area (Å²) in [7, 11) is 0. The number of carboxylic acids is 2. The lowest BCUT2D eigenvalue weighted by Gasteiger charge is -2.34. The number of anilines is 3. The molecule has 15 heteroatoms. The number of urea groups is 2.